The summed E-state index contributed by atoms with van der Waals surface area (Å²) >= 11 is 0. The smallest absolute Gasteiger partial charge is 0.226 e. The SMILES string of the molecule is CN(C)c1ncc([CH]C(N)=O)cn1. The van der Waals surface area contributed by atoms with E-state index in [0.717, 1.165) is 0 Å². The third-order valence-corrected chi connectivity index (χ3v) is 1.37. The van der Waals surface area contributed by atoms with Gasteiger partial charge >= 0.3 is 0 Å². The van der Waals surface area contributed by atoms with Gasteiger partial charge in [-0.2, -0.15) is 0 Å². The molecule has 1 aromatic heterocycles. The molecule has 0 aliphatic heterocycles. The fraction of sp³-hybridized carbons (Fsp3) is 0.250. The Kier molecular flexibility index (Phi) is 2.79. The lowest BCUT2D eigenvalue weighted by molar-refractivity contribution is -0.114. The van der Waals surface area contributed by atoms with E-state index < -0.39 is 5.91 Å². The number of carbonyl (C=O) groups is 1. The van der Waals surface area contributed by atoms with Gasteiger partial charge in [-0.15, -0.1) is 0 Å². The molecule has 2 N–H and O–H groups in total. The molecule has 5 heteroatoms. The highest BCUT2D eigenvalue weighted by Gasteiger charge is 2.01. The Hall–Kier alpha value is -1.65. The van der Waals surface area contributed by atoms with Gasteiger partial charge < -0.3 is 10.6 Å². The van der Waals surface area contributed by atoms with Crippen molar-refractivity contribution in [2.24, 2.45) is 5.73 Å². The molecule has 1 heterocycles. The van der Waals surface area contributed by atoms with Crippen LogP contribution in [0.25, 0.3) is 0 Å². The standard InChI is InChI=1S/C8H11N4O/c1-12(2)8-10-4-6(5-11-8)3-7(9)13/h3-5H,1-2H3,(H2,9,13). The number of hydrogen-bond acceptors (Lipinski definition) is 4. The minimum absolute atomic E-state index is 0.499. The van der Waals surface area contributed by atoms with E-state index >= 15 is 0 Å². The van der Waals surface area contributed by atoms with Crippen LogP contribution in [-0.4, -0.2) is 30.0 Å². The first-order valence-electron chi connectivity index (χ1n) is 3.73. The summed E-state index contributed by atoms with van der Waals surface area (Å²) < 4.78 is 0. The van der Waals surface area contributed by atoms with Crippen LogP contribution >= 0.6 is 0 Å². The van der Waals surface area contributed by atoms with Gasteiger partial charge in [-0.05, 0) is 0 Å². The molecule has 69 valence electrons. The molecule has 1 amide bonds. The average Bonchev–Trinajstić information content (AvgIpc) is 2.04. The van der Waals surface area contributed by atoms with Crippen molar-refractivity contribution in [1.29, 1.82) is 0 Å². The zero-order chi connectivity index (χ0) is 9.84. The van der Waals surface area contributed by atoms with Crippen molar-refractivity contribution >= 4 is 11.9 Å². The Labute approximate surface area is 76.6 Å². The minimum Gasteiger partial charge on any atom is -0.369 e. The van der Waals surface area contributed by atoms with Gasteiger partial charge in [-0.25, -0.2) is 9.97 Å². The summed E-state index contributed by atoms with van der Waals surface area (Å²) in [4.78, 5) is 20.3. The van der Waals surface area contributed by atoms with Crippen molar-refractivity contribution in [2.75, 3.05) is 19.0 Å². The second-order valence-electron chi connectivity index (χ2n) is 2.76. The summed E-state index contributed by atoms with van der Waals surface area (Å²) in [6.07, 6.45) is 4.37. The Morgan fingerprint density at radius 2 is 2.00 bits per heavy atom. The van der Waals surface area contributed by atoms with Crippen LogP contribution in [0, 0.1) is 6.42 Å². The van der Waals surface area contributed by atoms with Crippen molar-refractivity contribution in [2.45, 2.75) is 0 Å². The van der Waals surface area contributed by atoms with Gasteiger partial charge in [0.1, 0.15) is 0 Å². The largest absolute Gasteiger partial charge is 0.369 e. The molecule has 1 rings (SSSR count). The minimum atomic E-state index is -0.499. The second kappa shape index (κ2) is 3.84. The summed E-state index contributed by atoms with van der Waals surface area (Å²) in [7, 11) is 3.68. The van der Waals surface area contributed by atoms with E-state index in [1.165, 1.54) is 6.42 Å². The van der Waals surface area contributed by atoms with Gasteiger partial charge in [0.15, 0.2) is 0 Å². The first-order chi connectivity index (χ1) is 6.09. The average molecular weight is 179 g/mol. The molecular formula is C8H11N4O. The monoisotopic (exact) mass is 179 g/mol. The van der Waals surface area contributed by atoms with Gasteiger partial charge in [-0.1, -0.05) is 0 Å². The van der Waals surface area contributed by atoms with Crippen LogP contribution in [0.2, 0.25) is 0 Å². The summed E-state index contributed by atoms with van der Waals surface area (Å²) in [5, 5.41) is 0. The molecule has 0 spiro atoms. The number of hydrogen-bond donors (Lipinski definition) is 1. The van der Waals surface area contributed by atoms with E-state index in [2.05, 4.69) is 9.97 Å². The number of carbonyl (C=O) groups excluding carboxylic acids is 1. The van der Waals surface area contributed by atoms with Gasteiger partial charge in [0, 0.05) is 32.1 Å². The lowest BCUT2D eigenvalue weighted by atomic mass is 10.2. The van der Waals surface area contributed by atoms with Gasteiger partial charge in [0.25, 0.3) is 0 Å². The summed E-state index contributed by atoms with van der Waals surface area (Å²) in [5.74, 6) is 0.0998. The summed E-state index contributed by atoms with van der Waals surface area (Å²) in [6, 6.07) is 0. The highest BCUT2D eigenvalue weighted by molar-refractivity contribution is 5.86. The Balaban J connectivity index is 2.75. The quantitative estimate of drug-likeness (QED) is 0.684. The van der Waals surface area contributed by atoms with Gasteiger partial charge in [-0.3, -0.25) is 4.79 Å². The van der Waals surface area contributed by atoms with E-state index in [-0.39, 0.29) is 0 Å². The molecule has 13 heavy (non-hydrogen) atoms. The first-order valence-corrected chi connectivity index (χ1v) is 3.73. The number of anilines is 1. The number of nitrogens with two attached hydrogens (primary N) is 1. The predicted molar refractivity (Wildman–Crippen MR) is 49.0 cm³/mol. The Morgan fingerprint density at radius 3 is 2.38 bits per heavy atom. The van der Waals surface area contributed by atoms with Crippen molar-refractivity contribution in [3.8, 4) is 0 Å². The highest BCUT2D eigenvalue weighted by atomic mass is 16.1. The van der Waals surface area contributed by atoms with E-state index in [1.54, 1.807) is 17.3 Å². The lowest BCUT2D eigenvalue weighted by Gasteiger charge is -2.08. The van der Waals surface area contributed by atoms with Crippen molar-refractivity contribution in [1.82, 2.24) is 9.97 Å². The van der Waals surface area contributed by atoms with Crippen molar-refractivity contribution < 1.29 is 4.79 Å². The summed E-state index contributed by atoms with van der Waals surface area (Å²) in [5.41, 5.74) is 5.57. The molecule has 0 fully saturated rings. The van der Waals surface area contributed by atoms with Crippen molar-refractivity contribution in [3.05, 3.63) is 24.4 Å². The molecular weight excluding hydrogens is 168 g/mol. The third-order valence-electron chi connectivity index (χ3n) is 1.37. The Bertz CT molecular complexity index is 294. The van der Waals surface area contributed by atoms with E-state index in [4.69, 9.17) is 5.73 Å². The van der Waals surface area contributed by atoms with E-state index in [0.29, 0.717) is 11.5 Å². The molecule has 0 aromatic carbocycles. The molecule has 0 aliphatic carbocycles. The Morgan fingerprint density at radius 1 is 1.46 bits per heavy atom. The summed E-state index contributed by atoms with van der Waals surface area (Å²) in [6.45, 7) is 0. The maximum absolute atomic E-state index is 10.5. The molecule has 1 radical (unpaired) electrons. The number of nitrogens with zero attached hydrogens (tertiary/aromatic N) is 3. The topological polar surface area (TPSA) is 72.1 Å². The van der Waals surface area contributed by atoms with E-state index in [9.17, 15) is 4.79 Å². The maximum Gasteiger partial charge on any atom is 0.226 e. The van der Waals surface area contributed by atoms with Crippen LogP contribution in [0.1, 0.15) is 5.56 Å². The highest BCUT2D eigenvalue weighted by Crippen LogP contribution is 2.03. The van der Waals surface area contributed by atoms with Crippen LogP contribution in [0.3, 0.4) is 0 Å². The van der Waals surface area contributed by atoms with Crippen LogP contribution in [0.15, 0.2) is 12.4 Å². The molecule has 1 aromatic rings. The first kappa shape index (κ1) is 9.44. The number of amides is 1. The normalized spacial score (nSPS) is 9.69. The van der Waals surface area contributed by atoms with Crippen LogP contribution in [0.5, 0.6) is 0 Å². The maximum atomic E-state index is 10.5. The molecule has 0 atom stereocenters. The fourth-order valence-corrected chi connectivity index (χ4v) is 0.801. The predicted octanol–water partition coefficient (Wildman–Crippen LogP) is -0.420. The number of primary amides is 1. The number of aromatic nitrogens is 2. The van der Waals surface area contributed by atoms with Crippen molar-refractivity contribution in [3.63, 3.8) is 0 Å². The molecule has 0 bridgehead atoms. The van der Waals surface area contributed by atoms with Crippen LogP contribution < -0.4 is 10.6 Å². The van der Waals surface area contributed by atoms with Gasteiger partial charge in [0.05, 0.1) is 6.42 Å². The second-order valence-corrected chi connectivity index (χ2v) is 2.76. The lowest BCUT2D eigenvalue weighted by Crippen LogP contribution is -2.14. The zero-order valence-electron chi connectivity index (χ0n) is 7.56. The van der Waals surface area contributed by atoms with Crippen LogP contribution in [0.4, 0.5) is 5.95 Å². The fourth-order valence-electron chi connectivity index (χ4n) is 0.801. The van der Waals surface area contributed by atoms with Crippen LogP contribution in [-0.2, 0) is 4.79 Å². The third kappa shape index (κ3) is 2.70. The van der Waals surface area contributed by atoms with E-state index in [1.807, 2.05) is 14.1 Å². The molecule has 0 saturated carbocycles. The molecule has 0 unspecified atom stereocenters. The zero-order valence-corrected chi connectivity index (χ0v) is 7.56. The molecule has 0 aliphatic rings. The molecule has 5 nitrogen and oxygen atoms in total. The number of rotatable bonds is 3. The van der Waals surface area contributed by atoms with Gasteiger partial charge in [0.2, 0.25) is 11.9 Å². The molecule has 0 saturated heterocycles.